The van der Waals surface area contributed by atoms with Crippen LogP contribution in [0.4, 0.5) is 0 Å². The third-order valence-electron chi connectivity index (χ3n) is 2.00. The Morgan fingerprint density at radius 1 is 1.14 bits per heavy atom. The molecule has 0 aromatic carbocycles. The molecular formula is C10H10N2O2. The monoisotopic (exact) mass is 190 g/mol. The van der Waals surface area contributed by atoms with Crippen LogP contribution in [-0.4, -0.2) is 19.8 Å². The summed E-state index contributed by atoms with van der Waals surface area (Å²) < 4.78 is 1.40. The average molecular weight is 190 g/mol. The highest BCUT2D eigenvalue weighted by atomic mass is 16.3. The van der Waals surface area contributed by atoms with Gasteiger partial charge >= 0.3 is 0 Å². The van der Waals surface area contributed by atoms with E-state index in [1.165, 1.54) is 16.7 Å². The predicted molar refractivity (Wildman–Crippen MR) is 51.1 cm³/mol. The normalized spacial score (nSPS) is 10.3. The first-order valence-electron chi connectivity index (χ1n) is 4.24. The molecule has 0 amide bonds. The zero-order valence-electron chi connectivity index (χ0n) is 7.46. The van der Waals surface area contributed by atoms with E-state index in [1.54, 1.807) is 12.4 Å². The predicted octanol–water partition coefficient (Wildman–Crippen LogP) is 1.34. The van der Waals surface area contributed by atoms with E-state index in [9.17, 15) is 10.2 Å². The maximum Gasteiger partial charge on any atom is 0.194 e. The molecule has 2 aromatic rings. The molecule has 2 aromatic heterocycles. The SMILES string of the molecule is Oc1ccc(O)n1Cc1cccnc1. The Morgan fingerprint density at radius 3 is 2.43 bits per heavy atom. The van der Waals surface area contributed by atoms with Crippen LogP contribution in [0.1, 0.15) is 5.56 Å². The number of pyridine rings is 1. The fourth-order valence-corrected chi connectivity index (χ4v) is 1.28. The highest BCUT2D eigenvalue weighted by Gasteiger charge is 2.05. The van der Waals surface area contributed by atoms with E-state index in [0.717, 1.165) is 5.56 Å². The van der Waals surface area contributed by atoms with Gasteiger partial charge in [0.05, 0.1) is 6.54 Å². The second-order valence-electron chi connectivity index (χ2n) is 3.00. The van der Waals surface area contributed by atoms with Gasteiger partial charge in [0.25, 0.3) is 0 Å². The van der Waals surface area contributed by atoms with Crippen LogP contribution in [0.3, 0.4) is 0 Å². The third-order valence-corrected chi connectivity index (χ3v) is 2.00. The maximum absolute atomic E-state index is 9.38. The van der Waals surface area contributed by atoms with Gasteiger partial charge in [-0.2, -0.15) is 0 Å². The van der Waals surface area contributed by atoms with Crippen molar-refractivity contribution in [1.29, 1.82) is 0 Å². The van der Waals surface area contributed by atoms with Crippen molar-refractivity contribution in [2.24, 2.45) is 0 Å². The minimum Gasteiger partial charge on any atom is -0.494 e. The summed E-state index contributed by atoms with van der Waals surface area (Å²) in [5.41, 5.74) is 0.925. The zero-order chi connectivity index (χ0) is 9.97. The molecule has 72 valence electrons. The fourth-order valence-electron chi connectivity index (χ4n) is 1.28. The van der Waals surface area contributed by atoms with Crippen LogP contribution in [0.25, 0.3) is 0 Å². The first-order valence-corrected chi connectivity index (χ1v) is 4.24. The molecule has 2 rings (SSSR count). The summed E-state index contributed by atoms with van der Waals surface area (Å²) in [6, 6.07) is 6.59. The second kappa shape index (κ2) is 3.41. The third kappa shape index (κ3) is 1.54. The average Bonchev–Trinajstić information content (AvgIpc) is 2.51. The minimum absolute atomic E-state index is 0.0475. The van der Waals surface area contributed by atoms with E-state index in [-0.39, 0.29) is 11.8 Å². The van der Waals surface area contributed by atoms with Crippen LogP contribution in [0, 0.1) is 0 Å². The van der Waals surface area contributed by atoms with Crippen molar-refractivity contribution in [2.75, 3.05) is 0 Å². The van der Waals surface area contributed by atoms with E-state index >= 15 is 0 Å². The smallest absolute Gasteiger partial charge is 0.194 e. The van der Waals surface area contributed by atoms with Crippen molar-refractivity contribution in [3.05, 3.63) is 42.2 Å². The molecule has 0 aliphatic rings. The first-order chi connectivity index (χ1) is 6.77. The van der Waals surface area contributed by atoms with Crippen LogP contribution in [0.15, 0.2) is 36.7 Å². The van der Waals surface area contributed by atoms with Gasteiger partial charge in [0.15, 0.2) is 11.8 Å². The summed E-state index contributed by atoms with van der Waals surface area (Å²) >= 11 is 0. The van der Waals surface area contributed by atoms with Gasteiger partial charge in [-0.25, -0.2) is 0 Å². The van der Waals surface area contributed by atoms with Crippen molar-refractivity contribution in [3.8, 4) is 11.8 Å². The summed E-state index contributed by atoms with van der Waals surface area (Å²) in [4.78, 5) is 3.95. The molecule has 0 aliphatic carbocycles. The number of aromatic nitrogens is 2. The molecule has 0 aliphatic heterocycles. The molecular weight excluding hydrogens is 180 g/mol. The largest absolute Gasteiger partial charge is 0.494 e. The van der Waals surface area contributed by atoms with Crippen LogP contribution in [-0.2, 0) is 6.54 Å². The van der Waals surface area contributed by atoms with E-state index in [1.807, 2.05) is 12.1 Å². The molecule has 2 heterocycles. The summed E-state index contributed by atoms with van der Waals surface area (Å²) in [6.07, 6.45) is 3.37. The fraction of sp³-hybridized carbons (Fsp3) is 0.100. The number of hydrogen-bond donors (Lipinski definition) is 2. The van der Waals surface area contributed by atoms with E-state index in [4.69, 9.17) is 0 Å². The molecule has 0 spiro atoms. The lowest BCUT2D eigenvalue weighted by atomic mass is 10.3. The van der Waals surface area contributed by atoms with Crippen molar-refractivity contribution in [1.82, 2.24) is 9.55 Å². The van der Waals surface area contributed by atoms with Gasteiger partial charge in [-0.3, -0.25) is 9.55 Å². The highest BCUT2D eigenvalue weighted by molar-refractivity contribution is 5.26. The van der Waals surface area contributed by atoms with Gasteiger partial charge in [0, 0.05) is 24.5 Å². The Kier molecular flexibility index (Phi) is 2.10. The highest BCUT2D eigenvalue weighted by Crippen LogP contribution is 2.21. The van der Waals surface area contributed by atoms with Crippen LogP contribution in [0.2, 0.25) is 0 Å². The minimum atomic E-state index is 0.0475. The summed E-state index contributed by atoms with van der Waals surface area (Å²) in [6.45, 7) is 0.415. The number of rotatable bonds is 2. The van der Waals surface area contributed by atoms with Crippen LogP contribution in [0.5, 0.6) is 11.8 Å². The lowest BCUT2D eigenvalue weighted by Crippen LogP contribution is -1.98. The molecule has 2 N–H and O–H groups in total. The molecule has 0 saturated carbocycles. The first kappa shape index (κ1) is 8.62. The molecule has 4 heteroatoms. The van der Waals surface area contributed by atoms with Crippen LogP contribution >= 0.6 is 0 Å². The van der Waals surface area contributed by atoms with Gasteiger partial charge in [0.2, 0.25) is 0 Å². The standard InChI is InChI=1S/C10H10N2O2/c13-9-3-4-10(14)12(9)7-8-2-1-5-11-6-8/h1-6,13-14H,7H2. The van der Waals surface area contributed by atoms with Crippen molar-refractivity contribution >= 4 is 0 Å². The van der Waals surface area contributed by atoms with E-state index in [2.05, 4.69) is 4.98 Å². The summed E-state index contributed by atoms with van der Waals surface area (Å²) in [5, 5.41) is 18.8. The Morgan fingerprint density at radius 2 is 1.86 bits per heavy atom. The second-order valence-corrected chi connectivity index (χ2v) is 3.00. The van der Waals surface area contributed by atoms with Crippen molar-refractivity contribution < 1.29 is 10.2 Å². The molecule has 4 nitrogen and oxygen atoms in total. The Balaban J connectivity index is 2.27. The van der Waals surface area contributed by atoms with Crippen molar-refractivity contribution in [2.45, 2.75) is 6.54 Å². The molecule has 0 fully saturated rings. The Bertz CT molecular complexity index is 403. The lowest BCUT2D eigenvalue weighted by Gasteiger charge is -2.05. The van der Waals surface area contributed by atoms with E-state index < -0.39 is 0 Å². The summed E-state index contributed by atoms with van der Waals surface area (Å²) in [5.74, 6) is 0.0951. The molecule has 0 radical (unpaired) electrons. The summed E-state index contributed by atoms with van der Waals surface area (Å²) in [7, 11) is 0. The topological polar surface area (TPSA) is 58.3 Å². The molecule has 0 atom stereocenters. The van der Waals surface area contributed by atoms with Crippen LogP contribution < -0.4 is 0 Å². The Labute approximate surface area is 81.1 Å². The van der Waals surface area contributed by atoms with Gasteiger partial charge < -0.3 is 10.2 Å². The number of hydrogen-bond acceptors (Lipinski definition) is 3. The van der Waals surface area contributed by atoms with Gasteiger partial charge in [-0.1, -0.05) is 6.07 Å². The molecule has 0 saturated heterocycles. The number of nitrogens with zero attached hydrogens (tertiary/aromatic N) is 2. The van der Waals surface area contributed by atoms with Gasteiger partial charge in [-0.05, 0) is 11.6 Å². The van der Waals surface area contributed by atoms with Crippen molar-refractivity contribution in [3.63, 3.8) is 0 Å². The molecule has 14 heavy (non-hydrogen) atoms. The molecule has 0 bridgehead atoms. The van der Waals surface area contributed by atoms with Gasteiger partial charge in [-0.15, -0.1) is 0 Å². The maximum atomic E-state index is 9.38. The molecule has 0 unspecified atom stereocenters. The Hall–Kier alpha value is -1.97. The quantitative estimate of drug-likeness (QED) is 0.751. The zero-order valence-corrected chi connectivity index (χ0v) is 7.46. The van der Waals surface area contributed by atoms with Gasteiger partial charge in [0.1, 0.15) is 0 Å². The van der Waals surface area contributed by atoms with E-state index in [0.29, 0.717) is 6.54 Å². The number of aromatic hydroxyl groups is 2. The lowest BCUT2D eigenvalue weighted by molar-refractivity contribution is 0.377.